The van der Waals surface area contributed by atoms with Crippen LogP contribution in [0.1, 0.15) is 23.2 Å². The highest BCUT2D eigenvalue weighted by molar-refractivity contribution is 9.10. The van der Waals surface area contributed by atoms with E-state index in [1.165, 1.54) is 0 Å². The minimum atomic E-state index is -0.303. The first-order valence-corrected chi connectivity index (χ1v) is 9.81. The molecule has 1 aromatic heterocycles. The Morgan fingerprint density at radius 1 is 1.29 bits per heavy atom. The topological polar surface area (TPSA) is 89.1 Å². The van der Waals surface area contributed by atoms with Gasteiger partial charge < -0.3 is 9.47 Å². The van der Waals surface area contributed by atoms with Crippen LogP contribution in [0.2, 0.25) is 0 Å². The molecule has 0 radical (unpaired) electrons. The fraction of sp³-hybridized carbons (Fsp3) is 0.250. The second kappa shape index (κ2) is 8.53. The third kappa shape index (κ3) is 4.58. The van der Waals surface area contributed by atoms with E-state index in [4.69, 9.17) is 9.47 Å². The average molecular weight is 443 g/mol. The maximum atomic E-state index is 12.5. The molecule has 7 nitrogen and oxygen atoms in total. The van der Waals surface area contributed by atoms with Crippen LogP contribution in [0.4, 0.5) is 5.95 Å². The second-order valence-electron chi connectivity index (χ2n) is 6.45. The van der Waals surface area contributed by atoms with Gasteiger partial charge in [0.05, 0.1) is 6.10 Å². The number of aromatic amines is 1. The Bertz CT molecular complexity index is 969. The Morgan fingerprint density at radius 2 is 2.18 bits per heavy atom. The van der Waals surface area contributed by atoms with Crippen molar-refractivity contribution in [1.29, 1.82) is 0 Å². The Labute approximate surface area is 170 Å². The van der Waals surface area contributed by atoms with Gasteiger partial charge in [-0.25, -0.2) is 0 Å². The van der Waals surface area contributed by atoms with Crippen molar-refractivity contribution in [2.24, 2.45) is 0 Å². The number of hydrogen-bond donors (Lipinski definition) is 2. The summed E-state index contributed by atoms with van der Waals surface area (Å²) < 4.78 is 12.2. The molecule has 3 aromatic rings. The second-order valence-corrected chi connectivity index (χ2v) is 7.36. The van der Waals surface area contributed by atoms with Gasteiger partial charge in [-0.15, -0.1) is 5.10 Å². The highest BCUT2D eigenvalue weighted by atomic mass is 79.9. The summed E-state index contributed by atoms with van der Waals surface area (Å²) in [5.74, 6) is 1.12. The molecule has 2 heterocycles. The van der Waals surface area contributed by atoms with Gasteiger partial charge in [0.25, 0.3) is 5.91 Å². The molecule has 144 valence electrons. The summed E-state index contributed by atoms with van der Waals surface area (Å²) in [6, 6.07) is 14.7. The van der Waals surface area contributed by atoms with E-state index in [2.05, 4.69) is 36.4 Å². The van der Waals surface area contributed by atoms with Crippen LogP contribution >= 0.6 is 15.9 Å². The van der Waals surface area contributed by atoms with Crippen molar-refractivity contribution in [3.05, 3.63) is 58.6 Å². The van der Waals surface area contributed by atoms with Gasteiger partial charge in [0.2, 0.25) is 5.95 Å². The molecule has 0 spiro atoms. The number of carbonyl (C=O) groups excluding carboxylic acids is 1. The van der Waals surface area contributed by atoms with Gasteiger partial charge in [-0.1, -0.05) is 34.1 Å². The first-order valence-electron chi connectivity index (χ1n) is 9.01. The molecule has 0 bridgehead atoms. The molecule has 1 amide bonds. The number of halogens is 1. The van der Waals surface area contributed by atoms with Crippen LogP contribution in [0, 0.1) is 0 Å². The summed E-state index contributed by atoms with van der Waals surface area (Å²) in [4.78, 5) is 16.9. The molecule has 0 unspecified atom stereocenters. The van der Waals surface area contributed by atoms with Crippen molar-refractivity contribution in [2.45, 2.75) is 18.9 Å². The van der Waals surface area contributed by atoms with E-state index in [-0.39, 0.29) is 18.0 Å². The van der Waals surface area contributed by atoms with Crippen LogP contribution in [-0.2, 0) is 4.74 Å². The van der Waals surface area contributed by atoms with Crippen molar-refractivity contribution in [2.75, 3.05) is 18.5 Å². The van der Waals surface area contributed by atoms with Gasteiger partial charge >= 0.3 is 0 Å². The Morgan fingerprint density at radius 3 is 3.00 bits per heavy atom. The lowest BCUT2D eigenvalue weighted by Crippen LogP contribution is -2.17. The number of ether oxygens (including phenoxy) is 2. The molecule has 8 heteroatoms. The Kier molecular flexibility index (Phi) is 5.68. The van der Waals surface area contributed by atoms with E-state index in [1.807, 2.05) is 30.3 Å². The zero-order chi connectivity index (χ0) is 19.3. The third-order valence-electron chi connectivity index (χ3n) is 4.36. The van der Waals surface area contributed by atoms with Crippen LogP contribution in [0.5, 0.6) is 5.75 Å². The van der Waals surface area contributed by atoms with Crippen LogP contribution in [0.15, 0.2) is 53.0 Å². The lowest BCUT2D eigenvalue weighted by molar-refractivity contribution is 0.0679. The third-order valence-corrected chi connectivity index (χ3v) is 4.86. The molecule has 1 atom stereocenters. The maximum Gasteiger partial charge on any atom is 0.258 e. The van der Waals surface area contributed by atoms with Crippen LogP contribution in [0.3, 0.4) is 0 Å². The zero-order valence-corrected chi connectivity index (χ0v) is 16.6. The largest absolute Gasteiger partial charge is 0.491 e. The number of nitrogens with one attached hydrogen (secondary N) is 2. The highest BCUT2D eigenvalue weighted by Crippen LogP contribution is 2.21. The van der Waals surface area contributed by atoms with Crippen molar-refractivity contribution in [3.63, 3.8) is 0 Å². The predicted octanol–water partition coefficient (Wildman–Crippen LogP) is 4.04. The molecule has 1 aliphatic heterocycles. The van der Waals surface area contributed by atoms with Gasteiger partial charge in [0.15, 0.2) is 5.82 Å². The van der Waals surface area contributed by atoms with Crippen LogP contribution in [-0.4, -0.2) is 40.4 Å². The number of anilines is 1. The molecule has 1 saturated heterocycles. The molecule has 28 heavy (non-hydrogen) atoms. The van der Waals surface area contributed by atoms with E-state index >= 15 is 0 Å². The summed E-state index contributed by atoms with van der Waals surface area (Å²) in [5, 5.41) is 9.60. The summed E-state index contributed by atoms with van der Waals surface area (Å²) in [7, 11) is 0. The summed E-state index contributed by atoms with van der Waals surface area (Å²) in [5.41, 5.74) is 1.34. The van der Waals surface area contributed by atoms with E-state index < -0.39 is 0 Å². The maximum absolute atomic E-state index is 12.5. The van der Waals surface area contributed by atoms with E-state index in [1.54, 1.807) is 18.2 Å². The standard InChI is InChI=1S/C20H19BrN4O3/c21-15-6-1-4-13(10-15)18-22-20(25-24-18)23-19(26)14-5-2-7-16(11-14)28-12-17-8-3-9-27-17/h1-2,4-7,10-11,17H,3,8-9,12H2,(H2,22,23,24,25,26)/t17-/m1/s1. The van der Waals surface area contributed by atoms with Crippen molar-refractivity contribution in [3.8, 4) is 17.1 Å². The molecule has 1 aliphatic rings. The molecule has 2 N–H and O–H groups in total. The fourth-order valence-electron chi connectivity index (χ4n) is 2.95. The molecular weight excluding hydrogens is 424 g/mol. The monoisotopic (exact) mass is 442 g/mol. The SMILES string of the molecule is O=C(Nc1n[nH]c(-c2cccc(Br)c2)n1)c1cccc(OC[C@H]2CCCO2)c1. The van der Waals surface area contributed by atoms with E-state index in [9.17, 15) is 4.79 Å². The van der Waals surface area contributed by atoms with Crippen LogP contribution < -0.4 is 10.1 Å². The van der Waals surface area contributed by atoms with Crippen LogP contribution in [0.25, 0.3) is 11.4 Å². The quantitative estimate of drug-likeness (QED) is 0.600. The lowest BCUT2D eigenvalue weighted by Gasteiger charge is -2.12. The number of nitrogens with zero attached hydrogens (tertiary/aromatic N) is 2. The number of benzene rings is 2. The first-order chi connectivity index (χ1) is 13.7. The van der Waals surface area contributed by atoms with Gasteiger partial charge in [0.1, 0.15) is 12.4 Å². The number of aromatic nitrogens is 3. The summed E-state index contributed by atoms with van der Waals surface area (Å²) in [6.07, 6.45) is 2.20. The molecule has 0 aliphatic carbocycles. The molecule has 4 rings (SSSR count). The highest BCUT2D eigenvalue weighted by Gasteiger charge is 2.17. The fourth-order valence-corrected chi connectivity index (χ4v) is 3.35. The summed E-state index contributed by atoms with van der Waals surface area (Å²) >= 11 is 3.43. The Hall–Kier alpha value is -2.71. The van der Waals surface area contributed by atoms with Gasteiger partial charge in [0, 0.05) is 22.2 Å². The molecule has 1 fully saturated rings. The number of rotatable bonds is 6. The molecule has 0 saturated carbocycles. The average Bonchev–Trinajstić information content (AvgIpc) is 3.39. The van der Waals surface area contributed by atoms with Gasteiger partial charge in [-0.3, -0.25) is 15.2 Å². The smallest absolute Gasteiger partial charge is 0.258 e. The summed E-state index contributed by atoms with van der Waals surface area (Å²) in [6.45, 7) is 1.27. The number of H-pyrrole nitrogens is 1. The van der Waals surface area contributed by atoms with Crippen molar-refractivity contribution < 1.29 is 14.3 Å². The molecule has 2 aromatic carbocycles. The number of carbonyl (C=O) groups is 1. The van der Waals surface area contributed by atoms with E-state index in [0.29, 0.717) is 23.7 Å². The van der Waals surface area contributed by atoms with E-state index in [0.717, 1.165) is 29.5 Å². The van der Waals surface area contributed by atoms with Gasteiger partial charge in [-0.05, 0) is 43.2 Å². The number of hydrogen-bond acceptors (Lipinski definition) is 5. The normalized spacial score (nSPS) is 16.1. The minimum Gasteiger partial charge on any atom is -0.491 e. The zero-order valence-electron chi connectivity index (χ0n) is 15.0. The molecular formula is C20H19BrN4O3. The number of amides is 1. The Balaban J connectivity index is 1.40. The first kappa shape index (κ1) is 18.6. The lowest BCUT2D eigenvalue weighted by atomic mass is 10.2. The van der Waals surface area contributed by atoms with Gasteiger partial charge in [-0.2, -0.15) is 4.98 Å². The van der Waals surface area contributed by atoms with Crippen molar-refractivity contribution >= 4 is 27.8 Å². The van der Waals surface area contributed by atoms with Crippen molar-refractivity contribution in [1.82, 2.24) is 15.2 Å². The minimum absolute atomic E-state index is 0.127. The predicted molar refractivity (Wildman–Crippen MR) is 108 cm³/mol.